The topological polar surface area (TPSA) is 95.9 Å². The summed E-state index contributed by atoms with van der Waals surface area (Å²) in [6.07, 6.45) is 1.55. The maximum atomic E-state index is 12.8. The number of carbonyl (C=O) groups excluding carboxylic acids is 2. The van der Waals surface area contributed by atoms with E-state index in [9.17, 15) is 19.5 Å². The first-order valence-corrected chi connectivity index (χ1v) is 9.93. The maximum absolute atomic E-state index is 12.8. The van der Waals surface area contributed by atoms with Crippen LogP contribution in [0.2, 0.25) is 0 Å². The first kappa shape index (κ1) is 19.4. The number of fused-ring (bicyclic) bond motifs is 1. The molecule has 2 aromatic rings. The summed E-state index contributed by atoms with van der Waals surface area (Å²) < 4.78 is 5.38. The van der Waals surface area contributed by atoms with Crippen LogP contribution in [0.3, 0.4) is 0 Å². The molecular weight excluding hydrogens is 372 g/mol. The number of amides is 2. The van der Waals surface area contributed by atoms with Crippen molar-refractivity contribution in [2.75, 3.05) is 24.7 Å². The van der Waals surface area contributed by atoms with Crippen LogP contribution < -0.4 is 10.2 Å². The smallest absolute Gasteiger partial charge is 0.326 e. The van der Waals surface area contributed by atoms with Gasteiger partial charge in [0.05, 0.1) is 18.2 Å². The molecular formula is C22H24N2O5. The number of carbonyl (C=O) groups is 3. The van der Waals surface area contributed by atoms with Crippen molar-refractivity contribution in [1.82, 2.24) is 5.32 Å². The minimum Gasteiger partial charge on any atom is -0.480 e. The SMILES string of the molecule is O=C(NC(C(=O)O)C1CCCOC1)C1CC(=O)N(c2cccc3ccccc23)C1. The number of rotatable bonds is 5. The van der Waals surface area contributed by atoms with Gasteiger partial charge in [0.25, 0.3) is 0 Å². The molecule has 0 bridgehead atoms. The van der Waals surface area contributed by atoms with E-state index < -0.39 is 17.9 Å². The van der Waals surface area contributed by atoms with Crippen LogP contribution >= 0.6 is 0 Å². The van der Waals surface area contributed by atoms with Crippen LogP contribution in [0.5, 0.6) is 0 Å². The van der Waals surface area contributed by atoms with Gasteiger partial charge in [0.15, 0.2) is 0 Å². The molecule has 4 rings (SSSR count). The van der Waals surface area contributed by atoms with Crippen molar-refractivity contribution in [3.8, 4) is 0 Å². The molecule has 0 spiro atoms. The van der Waals surface area contributed by atoms with E-state index >= 15 is 0 Å². The molecule has 3 atom stereocenters. The summed E-state index contributed by atoms with van der Waals surface area (Å²) in [6.45, 7) is 1.18. The van der Waals surface area contributed by atoms with E-state index in [1.165, 1.54) is 0 Å². The van der Waals surface area contributed by atoms with E-state index in [4.69, 9.17) is 4.74 Å². The third-order valence-electron chi connectivity index (χ3n) is 5.78. The Morgan fingerprint density at radius 3 is 2.72 bits per heavy atom. The Morgan fingerprint density at radius 1 is 1.17 bits per heavy atom. The molecule has 2 aliphatic rings. The van der Waals surface area contributed by atoms with Gasteiger partial charge in [-0.15, -0.1) is 0 Å². The molecule has 2 aliphatic heterocycles. The Labute approximate surface area is 168 Å². The molecule has 29 heavy (non-hydrogen) atoms. The number of carboxylic acids is 1. The van der Waals surface area contributed by atoms with Crippen LogP contribution in [-0.2, 0) is 19.1 Å². The van der Waals surface area contributed by atoms with E-state index in [1.54, 1.807) is 4.90 Å². The molecule has 2 amide bonds. The highest BCUT2D eigenvalue weighted by molar-refractivity contribution is 6.07. The average Bonchev–Trinajstić information content (AvgIpc) is 3.13. The number of aliphatic carboxylic acids is 1. The fraction of sp³-hybridized carbons (Fsp3) is 0.409. The van der Waals surface area contributed by atoms with E-state index in [-0.39, 0.29) is 30.7 Å². The lowest BCUT2D eigenvalue weighted by atomic mass is 9.93. The molecule has 0 saturated carbocycles. The third-order valence-corrected chi connectivity index (χ3v) is 5.78. The van der Waals surface area contributed by atoms with Gasteiger partial charge < -0.3 is 20.1 Å². The van der Waals surface area contributed by atoms with Gasteiger partial charge in [0.2, 0.25) is 11.8 Å². The highest BCUT2D eigenvalue weighted by Gasteiger charge is 2.39. The van der Waals surface area contributed by atoms with Gasteiger partial charge in [-0.25, -0.2) is 4.79 Å². The Balaban J connectivity index is 1.49. The van der Waals surface area contributed by atoms with Crippen molar-refractivity contribution in [2.45, 2.75) is 25.3 Å². The van der Waals surface area contributed by atoms with Crippen LogP contribution in [-0.4, -0.2) is 48.7 Å². The number of carboxylic acid groups (broad SMARTS) is 1. The van der Waals surface area contributed by atoms with Crippen molar-refractivity contribution in [3.05, 3.63) is 42.5 Å². The van der Waals surface area contributed by atoms with Gasteiger partial charge in [-0.3, -0.25) is 9.59 Å². The van der Waals surface area contributed by atoms with Crippen LogP contribution in [0.15, 0.2) is 42.5 Å². The quantitative estimate of drug-likeness (QED) is 0.808. The zero-order chi connectivity index (χ0) is 20.4. The van der Waals surface area contributed by atoms with E-state index in [0.717, 1.165) is 22.9 Å². The van der Waals surface area contributed by atoms with Crippen LogP contribution in [0, 0.1) is 11.8 Å². The van der Waals surface area contributed by atoms with Crippen molar-refractivity contribution in [1.29, 1.82) is 0 Å². The van der Waals surface area contributed by atoms with Gasteiger partial charge >= 0.3 is 5.97 Å². The normalized spacial score (nSPS) is 23.2. The predicted octanol–water partition coefficient (Wildman–Crippen LogP) is 2.19. The van der Waals surface area contributed by atoms with Gasteiger partial charge in [-0.1, -0.05) is 36.4 Å². The summed E-state index contributed by atoms with van der Waals surface area (Å²) in [5.74, 6) is -2.41. The second kappa shape index (κ2) is 8.21. The lowest BCUT2D eigenvalue weighted by molar-refractivity contribution is -0.145. The minimum absolute atomic E-state index is 0.0720. The van der Waals surface area contributed by atoms with Gasteiger partial charge in [-0.2, -0.15) is 0 Å². The van der Waals surface area contributed by atoms with E-state index in [0.29, 0.717) is 19.6 Å². The van der Waals surface area contributed by atoms with Crippen molar-refractivity contribution >= 4 is 34.2 Å². The Morgan fingerprint density at radius 2 is 1.97 bits per heavy atom. The molecule has 2 heterocycles. The lowest BCUT2D eigenvalue weighted by Crippen LogP contribution is -2.50. The zero-order valence-corrected chi connectivity index (χ0v) is 16.0. The second-order valence-corrected chi connectivity index (χ2v) is 7.71. The fourth-order valence-electron chi connectivity index (χ4n) is 4.24. The molecule has 7 heteroatoms. The monoisotopic (exact) mass is 396 g/mol. The first-order valence-electron chi connectivity index (χ1n) is 9.93. The molecule has 2 fully saturated rings. The maximum Gasteiger partial charge on any atom is 0.326 e. The van der Waals surface area contributed by atoms with Crippen LogP contribution in [0.4, 0.5) is 5.69 Å². The standard InChI is InChI=1S/C22H24N2O5/c25-19-11-16(21(26)23-20(22(27)28)15-7-4-10-29-13-15)12-24(19)18-9-3-6-14-5-1-2-8-17(14)18/h1-3,5-6,8-9,15-16,20H,4,7,10-13H2,(H,23,26)(H,27,28). The predicted molar refractivity (Wildman–Crippen MR) is 108 cm³/mol. The highest BCUT2D eigenvalue weighted by atomic mass is 16.5. The zero-order valence-electron chi connectivity index (χ0n) is 16.0. The van der Waals surface area contributed by atoms with Gasteiger partial charge in [0.1, 0.15) is 6.04 Å². The second-order valence-electron chi connectivity index (χ2n) is 7.71. The molecule has 152 valence electrons. The molecule has 2 saturated heterocycles. The van der Waals surface area contributed by atoms with E-state index in [2.05, 4.69) is 5.32 Å². The molecule has 0 radical (unpaired) electrons. The number of hydrogen-bond acceptors (Lipinski definition) is 4. The third kappa shape index (κ3) is 3.96. The van der Waals surface area contributed by atoms with Crippen LogP contribution in [0.25, 0.3) is 10.8 Å². The summed E-state index contributed by atoms with van der Waals surface area (Å²) in [4.78, 5) is 38.8. The van der Waals surface area contributed by atoms with Gasteiger partial charge in [-0.05, 0) is 24.3 Å². The first-order chi connectivity index (χ1) is 14.0. The average molecular weight is 396 g/mol. The lowest BCUT2D eigenvalue weighted by Gasteiger charge is -2.28. The number of hydrogen-bond donors (Lipinski definition) is 2. The summed E-state index contributed by atoms with van der Waals surface area (Å²) >= 11 is 0. The fourth-order valence-corrected chi connectivity index (χ4v) is 4.24. The summed E-state index contributed by atoms with van der Waals surface area (Å²) in [5, 5.41) is 14.2. The Kier molecular flexibility index (Phi) is 5.49. The van der Waals surface area contributed by atoms with Crippen LogP contribution in [0.1, 0.15) is 19.3 Å². The number of benzene rings is 2. The number of ether oxygens (including phenoxy) is 1. The Bertz CT molecular complexity index is 932. The summed E-state index contributed by atoms with van der Waals surface area (Å²) in [5.41, 5.74) is 0.777. The minimum atomic E-state index is -1.07. The summed E-state index contributed by atoms with van der Waals surface area (Å²) in [7, 11) is 0. The number of anilines is 1. The molecule has 0 aliphatic carbocycles. The molecule has 7 nitrogen and oxygen atoms in total. The Hall–Kier alpha value is -2.93. The molecule has 2 aromatic carbocycles. The van der Waals surface area contributed by atoms with Crippen molar-refractivity contribution in [3.63, 3.8) is 0 Å². The largest absolute Gasteiger partial charge is 0.480 e. The highest BCUT2D eigenvalue weighted by Crippen LogP contribution is 2.32. The molecule has 3 unspecified atom stereocenters. The van der Waals surface area contributed by atoms with Gasteiger partial charge in [0, 0.05) is 30.9 Å². The molecule has 0 aromatic heterocycles. The summed E-state index contributed by atoms with van der Waals surface area (Å²) in [6, 6.07) is 12.5. The number of nitrogens with zero attached hydrogens (tertiary/aromatic N) is 1. The van der Waals surface area contributed by atoms with Crippen molar-refractivity contribution in [2.24, 2.45) is 11.8 Å². The number of nitrogens with one attached hydrogen (secondary N) is 1. The molecule has 2 N–H and O–H groups in total. The van der Waals surface area contributed by atoms with Crippen molar-refractivity contribution < 1.29 is 24.2 Å². The van der Waals surface area contributed by atoms with E-state index in [1.807, 2.05) is 42.5 Å².